The summed E-state index contributed by atoms with van der Waals surface area (Å²) in [5, 5.41) is 3.10. The van der Waals surface area contributed by atoms with E-state index in [9.17, 15) is 0 Å². The summed E-state index contributed by atoms with van der Waals surface area (Å²) in [5.74, 6) is 0. The Kier molecular flexibility index (Phi) is 3.90. The Balaban J connectivity index is 2.96. The lowest BCUT2D eigenvalue weighted by Crippen LogP contribution is -2.03. The Morgan fingerprint density at radius 2 is 1.71 bits per heavy atom. The lowest BCUT2D eigenvalue weighted by atomic mass is 9.99. The molecule has 0 aliphatic rings. The van der Waals surface area contributed by atoms with E-state index in [1.54, 1.807) is 0 Å². The van der Waals surface area contributed by atoms with Crippen LogP contribution in [0, 0.1) is 20.8 Å². The second kappa shape index (κ2) is 4.97. The van der Waals surface area contributed by atoms with Crippen LogP contribution in [0.2, 0.25) is 0 Å². The molecule has 0 amide bonds. The fraction of sp³-hybridized carbons (Fsp3) is 0.385. The maximum Gasteiger partial charge on any atom is 0.0135 e. The van der Waals surface area contributed by atoms with Crippen molar-refractivity contribution < 1.29 is 0 Å². The number of nitrogens with one attached hydrogen (secondary N) is 1. The average Bonchev–Trinajstić information content (AvgIpc) is 2.09. The summed E-state index contributed by atoms with van der Waals surface area (Å²) in [5.41, 5.74) is 5.40. The van der Waals surface area contributed by atoms with Crippen molar-refractivity contribution in [3.8, 4) is 0 Å². The molecule has 0 spiro atoms. The van der Waals surface area contributed by atoms with Crippen LogP contribution in [0.3, 0.4) is 0 Å². The van der Waals surface area contributed by atoms with E-state index in [-0.39, 0.29) is 0 Å². The van der Waals surface area contributed by atoms with Gasteiger partial charge in [-0.15, -0.1) is 0 Å². The van der Waals surface area contributed by atoms with Gasteiger partial charge < -0.3 is 5.32 Å². The van der Waals surface area contributed by atoms with Crippen LogP contribution in [0.1, 0.15) is 22.3 Å². The molecular formula is C13H19N. The minimum absolute atomic E-state index is 0.923. The topological polar surface area (TPSA) is 12.0 Å². The minimum atomic E-state index is 0.923. The van der Waals surface area contributed by atoms with E-state index in [2.05, 4.69) is 50.4 Å². The van der Waals surface area contributed by atoms with Crippen LogP contribution >= 0.6 is 0 Å². The van der Waals surface area contributed by atoms with Crippen molar-refractivity contribution >= 4 is 6.08 Å². The molecular weight excluding hydrogens is 170 g/mol. The predicted molar refractivity (Wildman–Crippen MR) is 63.6 cm³/mol. The van der Waals surface area contributed by atoms with Crippen LogP contribution in [0.4, 0.5) is 0 Å². The lowest BCUT2D eigenvalue weighted by Gasteiger charge is -2.06. The van der Waals surface area contributed by atoms with E-state index < -0.39 is 0 Å². The van der Waals surface area contributed by atoms with Gasteiger partial charge in [-0.1, -0.05) is 29.8 Å². The molecule has 0 bridgehead atoms. The molecule has 0 heterocycles. The summed E-state index contributed by atoms with van der Waals surface area (Å²) in [6.45, 7) is 7.39. The number of likely N-dealkylation sites (N-methyl/N-ethyl adjacent to an activating group) is 1. The van der Waals surface area contributed by atoms with E-state index in [0.717, 1.165) is 6.54 Å². The van der Waals surface area contributed by atoms with Crippen molar-refractivity contribution in [3.63, 3.8) is 0 Å². The molecule has 0 unspecified atom stereocenters. The third-order valence-corrected chi connectivity index (χ3v) is 2.34. The molecule has 0 atom stereocenters. The van der Waals surface area contributed by atoms with E-state index in [1.165, 1.54) is 22.3 Å². The van der Waals surface area contributed by atoms with Gasteiger partial charge in [0.2, 0.25) is 0 Å². The summed E-state index contributed by atoms with van der Waals surface area (Å²) < 4.78 is 0. The summed E-state index contributed by atoms with van der Waals surface area (Å²) in [6.07, 6.45) is 4.35. The molecule has 1 heteroatoms. The zero-order valence-electron chi connectivity index (χ0n) is 9.52. The van der Waals surface area contributed by atoms with Gasteiger partial charge in [-0.25, -0.2) is 0 Å². The van der Waals surface area contributed by atoms with Crippen LogP contribution < -0.4 is 5.32 Å². The third kappa shape index (κ3) is 2.71. The van der Waals surface area contributed by atoms with Gasteiger partial charge in [0.25, 0.3) is 0 Å². The van der Waals surface area contributed by atoms with Crippen molar-refractivity contribution in [2.24, 2.45) is 0 Å². The van der Waals surface area contributed by atoms with Crippen molar-refractivity contribution in [1.82, 2.24) is 5.32 Å². The maximum atomic E-state index is 3.10. The highest BCUT2D eigenvalue weighted by Gasteiger charge is 1.99. The smallest absolute Gasteiger partial charge is 0.0135 e. The van der Waals surface area contributed by atoms with Gasteiger partial charge in [-0.05, 0) is 44.5 Å². The highest BCUT2D eigenvalue weighted by atomic mass is 14.8. The quantitative estimate of drug-likeness (QED) is 0.771. The lowest BCUT2D eigenvalue weighted by molar-refractivity contribution is 0.922. The molecule has 76 valence electrons. The first kappa shape index (κ1) is 11.0. The molecule has 1 nitrogen and oxygen atoms in total. The molecule has 0 fully saturated rings. The molecule has 0 aromatic heterocycles. The number of aryl methyl sites for hydroxylation is 3. The van der Waals surface area contributed by atoms with Gasteiger partial charge in [-0.2, -0.15) is 0 Å². The first-order chi connectivity index (χ1) is 6.65. The zero-order chi connectivity index (χ0) is 10.6. The molecule has 0 radical (unpaired) electrons. The van der Waals surface area contributed by atoms with Crippen LogP contribution in [0.25, 0.3) is 6.08 Å². The van der Waals surface area contributed by atoms with E-state index in [0.29, 0.717) is 0 Å². The van der Waals surface area contributed by atoms with Crippen LogP contribution in [0.5, 0.6) is 0 Å². The normalized spacial score (nSPS) is 11.1. The standard InChI is InChI=1S/C13H19N/c1-10-8-11(2)13(12(3)9-10)6-5-7-14-4/h5-6,8-9,14H,7H2,1-4H3. The van der Waals surface area contributed by atoms with Crippen LogP contribution in [0.15, 0.2) is 18.2 Å². The molecule has 1 aromatic carbocycles. The molecule has 1 N–H and O–H groups in total. The Hall–Kier alpha value is -1.08. The monoisotopic (exact) mass is 189 g/mol. The van der Waals surface area contributed by atoms with Crippen molar-refractivity contribution in [1.29, 1.82) is 0 Å². The Labute approximate surface area is 86.8 Å². The minimum Gasteiger partial charge on any atom is -0.316 e. The highest BCUT2D eigenvalue weighted by molar-refractivity contribution is 5.58. The molecule has 0 aliphatic heterocycles. The van der Waals surface area contributed by atoms with Gasteiger partial charge in [0.05, 0.1) is 0 Å². The second-order valence-corrected chi connectivity index (χ2v) is 3.77. The Bertz CT molecular complexity index is 314. The fourth-order valence-electron chi connectivity index (χ4n) is 1.75. The second-order valence-electron chi connectivity index (χ2n) is 3.77. The average molecular weight is 189 g/mol. The van der Waals surface area contributed by atoms with Gasteiger partial charge in [-0.3, -0.25) is 0 Å². The Morgan fingerprint density at radius 1 is 1.14 bits per heavy atom. The van der Waals surface area contributed by atoms with Crippen LogP contribution in [-0.4, -0.2) is 13.6 Å². The largest absolute Gasteiger partial charge is 0.316 e. The van der Waals surface area contributed by atoms with Crippen LogP contribution in [-0.2, 0) is 0 Å². The van der Waals surface area contributed by atoms with Gasteiger partial charge in [0.15, 0.2) is 0 Å². The molecule has 1 rings (SSSR count). The summed E-state index contributed by atoms with van der Waals surface area (Å²) in [7, 11) is 1.96. The number of hydrogen-bond donors (Lipinski definition) is 1. The van der Waals surface area contributed by atoms with E-state index >= 15 is 0 Å². The van der Waals surface area contributed by atoms with Crippen molar-refractivity contribution in [3.05, 3.63) is 40.5 Å². The highest BCUT2D eigenvalue weighted by Crippen LogP contribution is 2.17. The first-order valence-electron chi connectivity index (χ1n) is 5.04. The zero-order valence-corrected chi connectivity index (χ0v) is 9.52. The molecule has 1 aromatic rings. The van der Waals surface area contributed by atoms with Gasteiger partial charge in [0.1, 0.15) is 0 Å². The molecule has 0 saturated heterocycles. The maximum absolute atomic E-state index is 3.10. The molecule has 0 saturated carbocycles. The summed E-state index contributed by atoms with van der Waals surface area (Å²) in [6, 6.07) is 4.46. The predicted octanol–water partition coefficient (Wildman–Crippen LogP) is 2.84. The van der Waals surface area contributed by atoms with Gasteiger partial charge in [0, 0.05) is 6.54 Å². The first-order valence-corrected chi connectivity index (χ1v) is 5.04. The summed E-state index contributed by atoms with van der Waals surface area (Å²) in [4.78, 5) is 0. The molecule has 14 heavy (non-hydrogen) atoms. The van der Waals surface area contributed by atoms with E-state index in [4.69, 9.17) is 0 Å². The number of rotatable bonds is 3. The number of benzene rings is 1. The van der Waals surface area contributed by atoms with E-state index in [1.807, 2.05) is 7.05 Å². The van der Waals surface area contributed by atoms with Crippen molar-refractivity contribution in [2.75, 3.05) is 13.6 Å². The van der Waals surface area contributed by atoms with Crippen molar-refractivity contribution in [2.45, 2.75) is 20.8 Å². The Morgan fingerprint density at radius 3 is 2.21 bits per heavy atom. The molecule has 0 aliphatic carbocycles. The third-order valence-electron chi connectivity index (χ3n) is 2.34. The van der Waals surface area contributed by atoms with Gasteiger partial charge >= 0.3 is 0 Å². The fourth-order valence-corrected chi connectivity index (χ4v) is 1.75. The summed E-state index contributed by atoms with van der Waals surface area (Å²) >= 11 is 0. The SMILES string of the molecule is CNCC=Cc1c(C)cc(C)cc1C. The number of hydrogen-bond acceptors (Lipinski definition) is 1.